The van der Waals surface area contributed by atoms with Gasteiger partial charge in [-0.05, 0) is 42.8 Å². The third-order valence-electron chi connectivity index (χ3n) is 3.28. The quantitative estimate of drug-likeness (QED) is 0.815. The molecule has 0 spiro atoms. The summed E-state index contributed by atoms with van der Waals surface area (Å²) in [5, 5.41) is 0. The lowest BCUT2D eigenvalue weighted by molar-refractivity contribution is 0.0740. The number of halogens is 1. The van der Waals surface area contributed by atoms with Crippen molar-refractivity contribution in [3.63, 3.8) is 0 Å². The van der Waals surface area contributed by atoms with E-state index < -0.39 is 0 Å². The van der Waals surface area contributed by atoms with E-state index in [0.29, 0.717) is 6.54 Å². The summed E-state index contributed by atoms with van der Waals surface area (Å²) in [6.45, 7) is 3.50. The number of nitrogens with zero attached hydrogens (tertiary/aromatic N) is 2. The fraction of sp³-hybridized carbons (Fsp3) is 0.312. The molecule has 0 saturated carbocycles. The van der Waals surface area contributed by atoms with E-state index >= 15 is 0 Å². The molecule has 1 aromatic heterocycles. The molecule has 0 fully saturated rings. The highest BCUT2D eigenvalue weighted by atomic mass is 79.9. The standard InChI is InChI=1S/C16H19BrN2O/c1-3-10-19(12-15-5-4-11-18(15)2)16(20)13-6-8-14(17)9-7-13/h4-9,11H,3,10,12H2,1-2H3. The number of aryl methyl sites for hydroxylation is 1. The zero-order valence-electron chi connectivity index (χ0n) is 11.8. The van der Waals surface area contributed by atoms with E-state index in [4.69, 9.17) is 0 Å². The van der Waals surface area contributed by atoms with Gasteiger partial charge in [-0.25, -0.2) is 0 Å². The summed E-state index contributed by atoms with van der Waals surface area (Å²) in [5.74, 6) is 0.0838. The Morgan fingerprint density at radius 1 is 1.25 bits per heavy atom. The molecule has 1 heterocycles. The van der Waals surface area contributed by atoms with Gasteiger partial charge >= 0.3 is 0 Å². The summed E-state index contributed by atoms with van der Waals surface area (Å²) < 4.78 is 3.04. The second-order valence-corrected chi connectivity index (χ2v) is 5.76. The molecule has 3 nitrogen and oxygen atoms in total. The van der Waals surface area contributed by atoms with E-state index in [2.05, 4.69) is 33.5 Å². The van der Waals surface area contributed by atoms with Gasteiger partial charge in [0.1, 0.15) is 0 Å². The Balaban J connectivity index is 2.17. The van der Waals surface area contributed by atoms with E-state index in [1.165, 1.54) is 0 Å². The maximum Gasteiger partial charge on any atom is 0.254 e. The molecule has 106 valence electrons. The smallest absolute Gasteiger partial charge is 0.254 e. The summed E-state index contributed by atoms with van der Waals surface area (Å²) in [5.41, 5.74) is 1.87. The van der Waals surface area contributed by atoms with Crippen molar-refractivity contribution in [1.29, 1.82) is 0 Å². The van der Waals surface area contributed by atoms with Gasteiger partial charge in [0, 0.05) is 35.5 Å². The van der Waals surface area contributed by atoms with E-state index in [0.717, 1.165) is 28.7 Å². The van der Waals surface area contributed by atoms with Crippen LogP contribution in [0.1, 0.15) is 29.4 Å². The fourth-order valence-corrected chi connectivity index (χ4v) is 2.42. The molecule has 0 bridgehead atoms. The minimum Gasteiger partial charge on any atom is -0.353 e. The van der Waals surface area contributed by atoms with Crippen molar-refractivity contribution in [2.45, 2.75) is 19.9 Å². The number of rotatable bonds is 5. The largest absolute Gasteiger partial charge is 0.353 e. The van der Waals surface area contributed by atoms with Crippen LogP contribution in [0.2, 0.25) is 0 Å². The van der Waals surface area contributed by atoms with Crippen molar-refractivity contribution >= 4 is 21.8 Å². The van der Waals surface area contributed by atoms with Crippen molar-refractivity contribution in [1.82, 2.24) is 9.47 Å². The Hall–Kier alpha value is -1.55. The van der Waals surface area contributed by atoms with Crippen LogP contribution in [0.4, 0.5) is 0 Å². The van der Waals surface area contributed by atoms with Gasteiger partial charge in [0.2, 0.25) is 0 Å². The van der Waals surface area contributed by atoms with Crippen LogP contribution in [0, 0.1) is 0 Å². The van der Waals surface area contributed by atoms with Crippen LogP contribution in [0.25, 0.3) is 0 Å². The molecule has 0 aliphatic carbocycles. The van der Waals surface area contributed by atoms with E-state index in [9.17, 15) is 4.79 Å². The molecule has 2 rings (SSSR count). The summed E-state index contributed by atoms with van der Waals surface area (Å²) in [6, 6.07) is 11.6. The molecule has 0 aliphatic rings. The molecule has 1 aromatic carbocycles. The van der Waals surface area contributed by atoms with Crippen LogP contribution in [0.3, 0.4) is 0 Å². The minimum absolute atomic E-state index is 0.0838. The van der Waals surface area contributed by atoms with Gasteiger partial charge in [0.05, 0.1) is 6.54 Å². The van der Waals surface area contributed by atoms with Crippen molar-refractivity contribution in [3.8, 4) is 0 Å². The monoisotopic (exact) mass is 334 g/mol. The Kier molecular flexibility index (Phi) is 5.01. The molecule has 0 unspecified atom stereocenters. The highest BCUT2D eigenvalue weighted by Crippen LogP contribution is 2.14. The van der Waals surface area contributed by atoms with E-state index in [1.54, 1.807) is 0 Å². The van der Waals surface area contributed by atoms with E-state index in [1.807, 2.05) is 48.5 Å². The lowest BCUT2D eigenvalue weighted by Gasteiger charge is -2.22. The first kappa shape index (κ1) is 14.9. The van der Waals surface area contributed by atoms with Gasteiger partial charge in [-0.3, -0.25) is 4.79 Å². The number of benzene rings is 1. The molecule has 0 radical (unpaired) electrons. The van der Waals surface area contributed by atoms with Crippen molar-refractivity contribution in [2.75, 3.05) is 6.54 Å². The average Bonchev–Trinajstić information content (AvgIpc) is 2.84. The highest BCUT2D eigenvalue weighted by molar-refractivity contribution is 9.10. The fourth-order valence-electron chi connectivity index (χ4n) is 2.15. The Morgan fingerprint density at radius 2 is 1.95 bits per heavy atom. The number of carbonyl (C=O) groups excluding carboxylic acids is 1. The number of hydrogen-bond donors (Lipinski definition) is 0. The van der Waals surface area contributed by atoms with Crippen molar-refractivity contribution < 1.29 is 4.79 Å². The first-order valence-electron chi connectivity index (χ1n) is 6.77. The first-order valence-corrected chi connectivity index (χ1v) is 7.56. The zero-order valence-corrected chi connectivity index (χ0v) is 13.4. The molecule has 20 heavy (non-hydrogen) atoms. The molecule has 2 aromatic rings. The molecule has 4 heteroatoms. The second-order valence-electron chi connectivity index (χ2n) is 4.84. The Morgan fingerprint density at radius 3 is 2.50 bits per heavy atom. The molecule has 0 atom stereocenters. The van der Waals surface area contributed by atoms with Gasteiger partial charge in [-0.2, -0.15) is 0 Å². The third-order valence-corrected chi connectivity index (χ3v) is 3.80. The lowest BCUT2D eigenvalue weighted by Crippen LogP contribution is -2.31. The van der Waals surface area contributed by atoms with Crippen LogP contribution in [-0.4, -0.2) is 21.9 Å². The van der Waals surface area contributed by atoms with Crippen LogP contribution in [-0.2, 0) is 13.6 Å². The highest BCUT2D eigenvalue weighted by Gasteiger charge is 2.16. The predicted octanol–water partition coefficient (Wildman–Crippen LogP) is 3.84. The molecule has 1 amide bonds. The minimum atomic E-state index is 0.0838. The second kappa shape index (κ2) is 6.75. The average molecular weight is 335 g/mol. The number of aromatic nitrogens is 1. The summed E-state index contributed by atoms with van der Waals surface area (Å²) >= 11 is 3.39. The molecule has 0 saturated heterocycles. The first-order chi connectivity index (χ1) is 9.61. The third kappa shape index (κ3) is 3.51. The summed E-state index contributed by atoms with van der Waals surface area (Å²) in [6.07, 6.45) is 2.95. The zero-order chi connectivity index (χ0) is 14.5. The van der Waals surface area contributed by atoms with Crippen molar-refractivity contribution in [2.24, 2.45) is 7.05 Å². The maximum absolute atomic E-state index is 12.6. The van der Waals surface area contributed by atoms with Crippen molar-refractivity contribution in [3.05, 3.63) is 58.3 Å². The number of amides is 1. The lowest BCUT2D eigenvalue weighted by atomic mass is 10.2. The van der Waals surface area contributed by atoms with E-state index in [-0.39, 0.29) is 5.91 Å². The van der Waals surface area contributed by atoms with Gasteiger partial charge in [0.25, 0.3) is 5.91 Å². The van der Waals surface area contributed by atoms with Gasteiger partial charge < -0.3 is 9.47 Å². The number of carbonyl (C=O) groups is 1. The van der Waals surface area contributed by atoms with Crippen LogP contribution in [0.5, 0.6) is 0 Å². The van der Waals surface area contributed by atoms with Gasteiger partial charge in [-0.1, -0.05) is 22.9 Å². The van der Waals surface area contributed by atoms with Crippen LogP contribution < -0.4 is 0 Å². The maximum atomic E-state index is 12.6. The van der Waals surface area contributed by atoms with Gasteiger partial charge in [-0.15, -0.1) is 0 Å². The predicted molar refractivity (Wildman–Crippen MR) is 84.6 cm³/mol. The molecule has 0 N–H and O–H groups in total. The summed E-state index contributed by atoms with van der Waals surface area (Å²) in [7, 11) is 2.00. The van der Waals surface area contributed by atoms with Crippen LogP contribution >= 0.6 is 15.9 Å². The van der Waals surface area contributed by atoms with Crippen LogP contribution in [0.15, 0.2) is 47.1 Å². The summed E-state index contributed by atoms with van der Waals surface area (Å²) in [4.78, 5) is 14.5. The Labute approximate surface area is 128 Å². The molecular weight excluding hydrogens is 316 g/mol. The Bertz CT molecular complexity index is 574. The molecular formula is C16H19BrN2O. The normalized spacial score (nSPS) is 10.6. The SMILES string of the molecule is CCCN(Cc1cccn1C)C(=O)c1ccc(Br)cc1. The topological polar surface area (TPSA) is 25.2 Å². The van der Waals surface area contributed by atoms with Gasteiger partial charge in [0.15, 0.2) is 0 Å². The molecule has 0 aliphatic heterocycles. The number of hydrogen-bond acceptors (Lipinski definition) is 1.